The van der Waals surface area contributed by atoms with Crippen molar-refractivity contribution >= 4 is 6.09 Å². The average Bonchev–Trinajstić information content (AvgIpc) is 2.30. The minimum atomic E-state index is -0.170. The third-order valence-electron chi connectivity index (χ3n) is 3.16. The van der Waals surface area contributed by atoms with Gasteiger partial charge in [0.25, 0.3) is 0 Å². The molecule has 0 bridgehead atoms. The Hall–Kier alpha value is -0.770. The zero-order valence-corrected chi connectivity index (χ0v) is 10.2. The Balaban J connectivity index is 2.15. The van der Waals surface area contributed by atoms with E-state index < -0.39 is 0 Å². The summed E-state index contributed by atoms with van der Waals surface area (Å²) in [5, 5.41) is 8.70. The molecule has 0 aromatic carbocycles. The number of aliphatic hydroxyl groups is 1. The lowest BCUT2D eigenvalue weighted by molar-refractivity contribution is 0.0905. The van der Waals surface area contributed by atoms with Gasteiger partial charge in [0.1, 0.15) is 0 Å². The number of rotatable bonds is 5. The molecule has 1 fully saturated rings. The molecule has 1 aliphatic heterocycles. The molecule has 1 heterocycles. The standard InChI is InChI=1S/C12H23NO3/c1-2-16-12(15)13-8-6-11(7-9-13)5-3-4-10-14/h11,14H,2-10H2,1H3. The highest BCUT2D eigenvalue weighted by atomic mass is 16.6. The van der Waals surface area contributed by atoms with Gasteiger partial charge in [0.2, 0.25) is 0 Å². The molecule has 0 atom stereocenters. The summed E-state index contributed by atoms with van der Waals surface area (Å²) in [6.45, 7) is 4.22. The van der Waals surface area contributed by atoms with E-state index in [-0.39, 0.29) is 6.09 Å². The number of likely N-dealkylation sites (tertiary alicyclic amines) is 1. The second-order valence-corrected chi connectivity index (χ2v) is 4.35. The van der Waals surface area contributed by atoms with Gasteiger partial charge in [0, 0.05) is 19.7 Å². The van der Waals surface area contributed by atoms with E-state index in [1.165, 1.54) is 6.42 Å². The first-order valence-corrected chi connectivity index (χ1v) is 6.30. The van der Waals surface area contributed by atoms with Crippen molar-refractivity contribution in [3.05, 3.63) is 0 Å². The second-order valence-electron chi connectivity index (χ2n) is 4.35. The number of hydrogen-bond acceptors (Lipinski definition) is 3. The molecule has 0 radical (unpaired) electrons. The number of piperidine rings is 1. The maximum atomic E-state index is 11.4. The van der Waals surface area contributed by atoms with Gasteiger partial charge >= 0.3 is 6.09 Å². The molecular formula is C12H23NO3. The maximum absolute atomic E-state index is 11.4. The van der Waals surface area contributed by atoms with Crippen LogP contribution >= 0.6 is 0 Å². The smallest absolute Gasteiger partial charge is 0.409 e. The number of hydrogen-bond donors (Lipinski definition) is 1. The molecule has 4 heteroatoms. The van der Waals surface area contributed by atoms with Crippen molar-refractivity contribution in [3.8, 4) is 0 Å². The van der Waals surface area contributed by atoms with Crippen LogP contribution in [0, 0.1) is 5.92 Å². The van der Waals surface area contributed by atoms with E-state index in [0.29, 0.717) is 13.2 Å². The molecule has 0 aromatic heterocycles. The van der Waals surface area contributed by atoms with Gasteiger partial charge in [0.05, 0.1) is 6.61 Å². The summed E-state index contributed by atoms with van der Waals surface area (Å²) in [7, 11) is 0. The van der Waals surface area contributed by atoms with Gasteiger partial charge in [-0.3, -0.25) is 0 Å². The van der Waals surface area contributed by atoms with E-state index in [0.717, 1.165) is 44.7 Å². The predicted octanol–water partition coefficient (Wildman–Crippen LogP) is 2.02. The predicted molar refractivity (Wildman–Crippen MR) is 62.3 cm³/mol. The lowest BCUT2D eigenvalue weighted by Crippen LogP contribution is -2.38. The molecule has 4 nitrogen and oxygen atoms in total. The van der Waals surface area contributed by atoms with E-state index in [2.05, 4.69) is 0 Å². The van der Waals surface area contributed by atoms with Crippen molar-refractivity contribution in [1.29, 1.82) is 0 Å². The van der Waals surface area contributed by atoms with Crippen LogP contribution in [0.15, 0.2) is 0 Å². The van der Waals surface area contributed by atoms with Gasteiger partial charge in [-0.2, -0.15) is 0 Å². The maximum Gasteiger partial charge on any atom is 0.409 e. The normalized spacial score (nSPS) is 17.5. The average molecular weight is 229 g/mol. The number of amides is 1. The van der Waals surface area contributed by atoms with Crippen LogP contribution in [0.3, 0.4) is 0 Å². The van der Waals surface area contributed by atoms with Gasteiger partial charge in [-0.05, 0) is 32.1 Å². The van der Waals surface area contributed by atoms with Crippen LogP contribution in [0.5, 0.6) is 0 Å². The quantitative estimate of drug-likeness (QED) is 0.734. The monoisotopic (exact) mass is 229 g/mol. The van der Waals surface area contributed by atoms with Crippen LogP contribution in [0.25, 0.3) is 0 Å². The summed E-state index contributed by atoms with van der Waals surface area (Å²) in [4.78, 5) is 13.2. The number of aliphatic hydroxyl groups excluding tert-OH is 1. The highest BCUT2D eigenvalue weighted by Crippen LogP contribution is 2.22. The van der Waals surface area contributed by atoms with Crippen LogP contribution in [-0.4, -0.2) is 42.4 Å². The molecule has 1 amide bonds. The van der Waals surface area contributed by atoms with E-state index in [9.17, 15) is 4.79 Å². The SMILES string of the molecule is CCOC(=O)N1CCC(CCCCO)CC1. The third kappa shape index (κ3) is 4.39. The fourth-order valence-electron chi connectivity index (χ4n) is 2.16. The fourth-order valence-corrected chi connectivity index (χ4v) is 2.16. The van der Waals surface area contributed by atoms with E-state index >= 15 is 0 Å². The van der Waals surface area contributed by atoms with Crippen molar-refractivity contribution in [2.24, 2.45) is 5.92 Å². The Morgan fingerprint density at radius 2 is 2.06 bits per heavy atom. The Morgan fingerprint density at radius 1 is 1.38 bits per heavy atom. The lowest BCUT2D eigenvalue weighted by atomic mass is 9.92. The lowest BCUT2D eigenvalue weighted by Gasteiger charge is -2.31. The zero-order valence-electron chi connectivity index (χ0n) is 10.2. The zero-order chi connectivity index (χ0) is 11.8. The third-order valence-corrected chi connectivity index (χ3v) is 3.16. The Bertz CT molecular complexity index is 200. The van der Waals surface area contributed by atoms with Crippen LogP contribution in [0.4, 0.5) is 4.79 Å². The topological polar surface area (TPSA) is 49.8 Å². The van der Waals surface area contributed by atoms with E-state index in [1.54, 1.807) is 4.90 Å². The molecule has 1 saturated heterocycles. The number of unbranched alkanes of at least 4 members (excludes halogenated alkanes) is 1. The van der Waals surface area contributed by atoms with Crippen molar-refractivity contribution in [2.75, 3.05) is 26.3 Å². The molecule has 16 heavy (non-hydrogen) atoms. The summed E-state index contributed by atoms with van der Waals surface area (Å²) in [5.74, 6) is 0.720. The van der Waals surface area contributed by atoms with Crippen molar-refractivity contribution in [2.45, 2.75) is 39.0 Å². The summed E-state index contributed by atoms with van der Waals surface area (Å²) in [6, 6.07) is 0. The number of carbonyl (C=O) groups excluding carboxylic acids is 1. The first-order chi connectivity index (χ1) is 7.77. The molecule has 0 spiro atoms. The first-order valence-electron chi connectivity index (χ1n) is 6.30. The van der Waals surface area contributed by atoms with Crippen molar-refractivity contribution in [1.82, 2.24) is 4.90 Å². The Labute approximate surface area is 97.6 Å². The molecule has 0 saturated carbocycles. The first kappa shape index (κ1) is 13.3. The van der Waals surface area contributed by atoms with Crippen LogP contribution < -0.4 is 0 Å². The van der Waals surface area contributed by atoms with Crippen molar-refractivity contribution in [3.63, 3.8) is 0 Å². The molecule has 1 aliphatic rings. The van der Waals surface area contributed by atoms with E-state index in [1.807, 2.05) is 6.92 Å². The molecule has 0 aliphatic carbocycles. The van der Waals surface area contributed by atoms with Gasteiger partial charge < -0.3 is 14.7 Å². The van der Waals surface area contributed by atoms with Crippen molar-refractivity contribution < 1.29 is 14.6 Å². The summed E-state index contributed by atoms with van der Waals surface area (Å²) >= 11 is 0. The van der Waals surface area contributed by atoms with E-state index in [4.69, 9.17) is 9.84 Å². The highest BCUT2D eigenvalue weighted by Gasteiger charge is 2.22. The molecule has 1 N–H and O–H groups in total. The second kappa shape index (κ2) is 7.49. The highest BCUT2D eigenvalue weighted by molar-refractivity contribution is 5.67. The minimum absolute atomic E-state index is 0.170. The summed E-state index contributed by atoms with van der Waals surface area (Å²) in [5.41, 5.74) is 0. The largest absolute Gasteiger partial charge is 0.450 e. The summed E-state index contributed by atoms with van der Waals surface area (Å²) in [6.07, 6.45) is 5.15. The molecule has 0 aromatic rings. The molecule has 1 rings (SSSR count). The van der Waals surface area contributed by atoms with Gasteiger partial charge in [-0.15, -0.1) is 0 Å². The number of carbonyl (C=O) groups is 1. The van der Waals surface area contributed by atoms with Gasteiger partial charge in [-0.1, -0.05) is 12.8 Å². The van der Waals surface area contributed by atoms with Gasteiger partial charge in [0.15, 0.2) is 0 Å². The Kier molecular flexibility index (Phi) is 6.23. The number of nitrogens with zero attached hydrogens (tertiary/aromatic N) is 1. The summed E-state index contributed by atoms with van der Waals surface area (Å²) < 4.78 is 4.97. The molecular weight excluding hydrogens is 206 g/mol. The number of ether oxygens (including phenoxy) is 1. The minimum Gasteiger partial charge on any atom is -0.450 e. The van der Waals surface area contributed by atoms with Crippen LogP contribution in [-0.2, 0) is 4.74 Å². The van der Waals surface area contributed by atoms with Gasteiger partial charge in [-0.25, -0.2) is 4.79 Å². The fraction of sp³-hybridized carbons (Fsp3) is 0.917. The van der Waals surface area contributed by atoms with Crippen LogP contribution in [0.2, 0.25) is 0 Å². The molecule has 94 valence electrons. The Morgan fingerprint density at radius 3 is 2.62 bits per heavy atom. The van der Waals surface area contributed by atoms with Crippen LogP contribution in [0.1, 0.15) is 39.0 Å². The molecule has 0 unspecified atom stereocenters.